The van der Waals surface area contributed by atoms with E-state index in [4.69, 9.17) is 4.74 Å². The van der Waals surface area contributed by atoms with E-state index in [1.54, 1.807) is 54.6 Å². The van der Waals surface area contributed by atoms with E-state index in [9.17, 15) is 24.5 Å². The quantitative estimate of drug-likeness (QED) is 0.242. The molecule has 0 aromatic heterocycles. The van der Waals surface area contributed by atoms with E-state index in [0.29, 0.717) is 11.4 Å². The van der Waals surface area contributed by atoms with Crippen LogP contribution in [0.25, 0.3) is 6.08 Å². The number of nitrogens with zero attached hydrogens (tertiary/aromatic N) is 2. The molecule has 1 aliphatic rings. The van der Waals surface area contributed by atoms with Gasteiger partial charge < -0.3 is 10.1 Å². The van der Waals surface area contributed by atoms with Gasteiger partial charge in [0.25, 0.3) is 23.4 Å². The summed E-state index contributed by atoms with van der Waals surface area (Å²) < 4.78 is 5.56. The van der Waals surface area contributed by atoms with Crippen LogP contribution in [0.2, 0.25) is 0 Å². The smallest absolute Gasteiger partial charge is 0.282 e. The minimum absolute atomic E-state index is 0.0973. The van der Waals surface area contributed by atoms with Crippen molar-refractivity contribution in [3.05, 3.63) is 100 Å². The summed E-state index contributed by atoms with van der Waals surface area (Å²) in [5.41, 5.74) is 3.11. The van der Waals surface area contributed by atoms with Crippen LogP contribution in [0.15, 0.2) is 84.4 Å². The fourth-order valence-corrected chi connectivity index (χ4v) is 3.23. The first-order chi connectivity index (χ1) is 16.4. The van der Waals surface area contributed by atoms with E-state index in [0.717, 1.165) is 5.01 Å². The van der Waals surface area contributed by atoms with Gasteiger partial charge in [0.15, 0.2) is 6.61 Å². The molecular weight excluding hydrogens is 440 g/mol. The Balaban J connectivity index is 1.59. The van der Waals surface area contributed by atoms with E-state index < -0.39 is 22.6 Å². The highest BCUT2D eigenvalue weighted by molar-refractivity contribution is 6.31. The zero-order valence-electron chi connectivity index (χ0n) is 17.6. The molecule has 3 aromatic rings. The summed E-state index contributed by atoms with van der Waals surface area (Å²) in [5.74, 6) is -1.66. The number of amides is 3. The molecule has 10 heteroatoms. The summed E-state index contributed by atoms with van der Waals surface area (Å²) >= 11 is 0. The lowest BCUT2D eigenvalue weighted by Gasteiger charge is -2.14. The molecule has 2 N–H and O–H groups in total. The number of ether oxygens (including phenoxy) is 1. The van der Waals surface area contributed by atoms with E-state index >= 15 is 0 Å². The number of carbonyl (C=O) groups is 3. The van der Waals surface area contributed by atoms with Crippen molar-refractivity contribution < 1.29 is 24.0 Å². The van der Waals surface area contributed by atoms with Gasteiger partial charge in [-0.05, 0) is 36.4 Å². The lowest BCUT2D eigenvalue weighted by Crippen LogP contribution is -2.35. The van der Waals surface area contributed by atoms with Gasteiger partial charge in [-0.15, -0.1) is 0 Å². The molecule has 3 amide bonds. The zero-order chi connectivity index (χ0) is 24.1. The number of hydrogen-bond donors (Lipinski definition) is 2. The van der Waals surface area contributed by atoms with Gasteiger partial charge in [0.05, 0.1) is 10.6 Å². The first-order valence-corrected chi connectivity index (χ1v) is 10.1. The molecule has 0 unspecified atom stereocenters. The van der Waals surface area contributed by atoms with Crippen LogP contribution in [0.4, 0.5) is 17.1 Å². The maximum absolute atomic E-state index is 12.9. The Morgan fingerprint density at radius 2 is 1.71 bits per heavy atom. The Kier molecular flexibility index (Phi) is 6.31. The average molecular weight is 458 g/mol. The molecule has 1 fully saturated rings. The minimum atomic E-state index is -0.673. The molecule has 3 aromatic carbocycles. The Morgan fingerprint density at radius 1 is 1.03 bits per heavy atom. The van der Waals surface area contributed by atoms with Crippen LogP contribution in [0, 0.1) is 10.1 Å². The second kappa shape index (κ2) is 9.65. The predicted molar refractivity (Wildman–Crippen MR) is 124 cm³/mol. The van der Waals surface area contributed by atoms with Crippen molar-refractivity contribution in [1.82, 2.24) is 5.43 Å². The highest BCUT2D eigenvalue weighted by Gasteiger charge is 2.34. The molecule has 10 nitrogen and oxygen atoms in total. The Bertz CT molecular complexity index is 1290. The lowest BCUT2D eigenvalue weighted by atomic mass is 10.1. The number of nitro groups is 1. The first-order valence-electron chi connectivity index (χ1n) is 10.1. The molecule has 0 aliphatic carbocycles. The second-order valence-corrected chi connectivity index (χ2v) is 7.16. The summed E-state index contributed by atoms with van der Waals surface area (Å²) in [4.78, 5) is 48.2. The third-order valence-electron chi connectivity index (χ3n) is 4.83. The van der Waals surface area contributed by atoms with E-state index in [1.807, 2.05) is 6.07 Å². The molecule has 0 atom stereocenters. The number of nitrogens with one attached hydrogen (secondary N) is 2. The summed E-state index contributed by atoms with van der Waals surface area (Å²) in [5, 5.41) is 15.0. The molecule has 0 radical (unpaired) electrons. The number of carbonyl (C=O) groups excluding carboxylic acids is 3. The van der Waals surface area contributed by atoms with Crippen molar-refractivity contribution in [3.8, 4) is 5.75 Å². The zero-order valence-corrected chi connectivity index (χ0v) is 17.6. The van der Waals surface area contributed by atoms with Crippen LogP contribution in [0.5, 0.6) is 5.75 Å². The number of para-hydroxylation sites is 2. The van der Waals surface area contributed by atoms with Gasteiger partial charge >= 0.3 is 0 Å². The number of anilines is 2. The maximum Gasteiger partial charge on any atom is 0.282 e. The van der Waals surface area contributed by atoms with Crippen molar-refractivity contribution >= 4 is 40.9 Å². The SMILES string of the molecule is O=C(COc1ccc([N+](=O)[O-])cc1/C=C1/C(=O)NN(c2ccccc2)C1=O)Nc1ccccc1. The Hall–Kier alpha value is -4.99. The van der Waals surface area contributed by atoms with Crippen molar-refractivity contribution in [2.75, 3.05) is 16.9 Å². The van der Waals surface area contributed by atoms with Gasteiger partial charge in [0.1, 0.15) is 11.3 Å². The highest BCUT2D eigenvalue weighted by Crippen LogP contribution is 2.29. The number of hydrazine groups is 1. The number of non-ortho nitro benzene ring substituents is 1. The topological polar surface area (TPSA) is 131 Å². The lowest BCUT2D eigenvalue weighted by molar-refractivity contribution is -0.384. The molecule has 0 spiro atoms. The molecule has 0 bridgehead atoms. The van der Waals surface area contributed by atoms with Gasteiger partial charge in [0, 0.05) is 23.4 Å². The minimum Gasteiger partial charge on any atom is -0.483 e. The van der Waals surface area contributed by atoms with Crippen molar-refractivity contribution in [3.63, 3.8) is 0 Å². The fourth-order valence-electron chi connectivity index (χ4n) is 3.23. The van der Waals surface area contributed by atoms with Gasteiger partial charge in [-0.2, -0.15) is 0 Å². The third kappa shape index (κ3) is 4.91. The number of benzene rings is 3. The summed E-state index contributed by atoms with van der Waals surface area (Å²) in [6.45, 7) is -0.390. The molecule has 1 aliphatic heterocycles. The van der Waals surface area contributed by atoms with Crippen molar-refractivity contribution in [2.45, 2.75) is 0 Å². The molecule has 4 rings (SSSR count). The van der Waals surface area contributed by atoms with Crippen LogP contribution in [-0.2, 0) is 14.4 Å². The third-order valence-corrected chi connectivity index (χ3v) is 4.83. The molecule has 1 saturated heterocycles. The van der Waals surface area contributed by atoms with Gasteiger partial charge in [-0.1, -0.05) is 36.4 Å². The normalized spacial score (nSPS) is 14.1. The van der Waals surface area contributed by atoms with Gasteiger partial charge in [-0.25, -0.2) is 5.01 Å². The highest BCUT2D eigenvalue weighted by atomic mass is 16.6. The Morgan fingerprint density at radius 3 is 2.38 bits per heavy atom. The summed E-state index contributed by atoms with van der Waals surface area (Å²) in [6, 6.07) is 20.9. The van der Waals surface area contributed by atoms with Gasteiger partial charge in [-0.3, -0.25) is 29.9 Å². The maximum atomic E-state index is 12.9. The molecule has 0 saturated carbocycles. The van der Waals surface area contributed by atoms with Gasteiger partial charge in [0.2, 0.25) is 0 Å². The van der Waals surface area contributed by atoms with Crippen LogP contribution >= 0.6 is 0 Å². The predicted octanol–water partition coefficient (Wildman–Crippen LogP) is 3.07. The number of hydrogen-bond acceptors (Lipinski definition) is 6. The number of nitro benzene ring substituents is 1. The van der Waals surface area contributed by atoms with Crippen LogP contribution in [0.3, 0.4) is 0 Å². The standard InChI is InChI=1S/C24H18N4O6/c29-22(25-17-7-3-1-4-8-17)15-34-21-12-11-19(28(32)33)13-16(21)14-20-23(30)26-27(24(20)31)18-9-5-2-6-10-18/h1-14H,15H2,(H,25,29)(H,26,30)/b20-14-. The second-order valence-electron chi connectivity index (χ2n) is 7.16. The monoisotopic (exact) mass is 458 g/mol. The summed E-state index contributed by atoms with van der Waals surface area (Å²) in [6.07, 6.45) is 1.21. The Labute approximate surface area is 193 Å². The fraction of sp³-hybridized carbons (Fsp3) is 0.0417. The average Bonchev–Trinajstić information content (AvgIpc) is 3.12. The van der Waals surface area contributed by atoms with Crippen LogP contribution < -0.4 is 20.5 Å². The van der Waals surface area contributed by atoms with Crippen LogP contribution in [-0.4, -0.2) is 29.3 Å². The van der Waals surface area contributed by atoms with Crippen LogP contribution in [0.1, 0.15) is 5.56 Å². The van der Waals surface area contributed by atoms with Crippen molar-refractivity contribution in [2.24, 2.45) is 0 Å². The van der Waals surface area contributed by atoms with E-state index in [-0.39, 0.29) is 29.2 Å². The molecule has 1 heterocycles. The van der Waals surface area contributed by atoms with Crippen molar-refractivity contribution in [1.29, 1.82) is 0 Å². The largest absolute Gasteiger partial charge is 0.483 e. The molecule has 170 valence electrons. The summed E-state index contributed by atoms with van der Waals surface area (Å²) in [7, 11) is 0. The molecule has 34 heavy (non-hydrogen) atoms. The van der Waals surface area contributed by atoms with E-state index in [1.165, 1.54) is 24.3 Å². The number of rotatable bonds is 7. The molecular formula is C24H18N4O6. The first kappa shape index (κ1) is 22.2. The van der Waals surface area contributed by atoms with E-state index in [2.05, 4.69) is 10.7 Å².